The Balaban J connectivity index is 1.84. The van der Waals surface area contributed by atoms with Crippen molar-refractivity contribution in [3.63, 3.8) is 0 Å². The molecule has 3 rings (SSSR count). The summed E-state index contributed by atoms with van der Waals surface area (Å²) in [4.78, 5) is 39.0. The molecule has 0 aliphatic carbocycles. The smallest absolute Gasteiger partial charge is 0.350 e. The predicted molar refractivity (Wildman–Crippen MR) is 98.8 cm³/mol. The van der Waals surface area contributed by atoms with Crippen molar-refractivity contribution in [1.82, 2.24) is 10.2 Å². The van der Waals surface area contributed by atoms with Crippen LogP contribution in [0.3, 0.4) is 0 Å². The van der Waals surface area contributed by atoms with E-state index in [4.69, 9.17) is 0 Å². The zero-order chi connectivity index (χ0) is 22.2. The van der Waals surface area contributed by atoms with Gasteiger partial charge in [-0.3, -0.25) is 19.3 Å². The molecule has 0 aromatic heterocycles. The van der Waals surface area contributed by atoms with E-state index in [2.05, 4.69) is 5.32 Å². The van der Waals surface area contributed by atoms with E-state index < -0.39 is 53.8 Å². The number of rotatable bonds is 5. The summed E-state index contributed by atoms with van der Waals surface area (Å²) < 4.78 is 52.7. The fraction of sp³-hybridized carbons (Fsp3) is 0.286. The number of hydrogen-bond donors (Lipinski definition) is 1. The second-order valence-electron chi connectivity index (χ2n) is 7.23. The molecule has 3 amide bonds. The van der Waals surface area contributed by atoms with Crippen molar-refractivity contribution in [1.29, 1.82) is 0 Å². The van der Waals surface area contributed by atoms with E-state index in [1.165, 1.54) is 12.1 Å². The van der Waals surface area contributed by atoms with Gasteiger partial charge in [0.15, 0.2) is 0 Å². The summed E-state index contributed by atoms with van der Waals surface area (Å²) in [6.45, 7) is 2.69. The van der Waals surface area contributed by atoms with Crippen molar-refractivity contribution >= 4 is 17.7 Å². The topological polar surface area (TPSA) is 66.5 Å². The monoisotopic (exact) mass is 422 g/mol. The fourth-order valence-corrected chi connectivity index (χ4v) is 3.43. The largest absolute Gasteiger partial charge is 0.416 e. The first-order valence-electron chi connectivity index (χ1n) is 9.12. The lowest BCUT2D eigenvalue weighted by molar-refractivity contribution is -0.138. The summed E-state index contributed by atoms with van der Waals surface area (Å²) in [5, 5.41) is 2.35. The van der Waals surface area contributed by atoms with Crippen molar-refractivity contribution < 1.29 is 31.9 Å². The van der Waals surface area contributed by atoms with E-state index in [1.54, 1.807) is 26.0 Å². The molecule has 1 N–H and O–H groups in total. The van der Waals surface area contributed by atoms with Gasteiger partial charge in [-0.25, -0.2) is 4.39 Å². The first-order chi connectivity index (χ1) is 14.0. The van der Waals surface area contributed by atoms with Crippen LogP contribution in [0.4, 0.5) is 17.6 Å². The number of alkyl halides is 3. The molecule has 0 bridgehead atoms. The molecule has 1 aliphatic rings. The third-order valence-electron chi connectivity index (χ3n) is 4.83. The van der Waals surface area contributed by atoms with E-state index in [1.807, 2.05) is 0 Å². The van der Waals surface area contributed by atoms with Gasteiger partial charge in [0.05, 0.1) is 16.7 Å². The van der Waals surface area contributed by atoms with Crippen molar-refractivity contribution in [2.45, 2.75) is 32.6 Å². The van der Waals surface area contributed by atoms with Crippen LogP contribution in [-0.2, 0) is 17.5 Å². The van der Waals surface area contributed by atoms with Crippen molar-refractivity contribution in [2.75, 3.05) is 0 Å². The fourth-order valence-electron chi connectivity index (χ4n) is 3.43. The maximum Gasteiger partial charge on any atom is 0.416 e. The number of carbonyl (C=O) groups excluding carboxylic acids is 3. The van der Waals surface area contributed by atoms with Gasteiger partial charge in [0.25, 0.3) is 11.8 Å². The molecule has 0 spiro atoms. The average Bonchev–Trinajstić information content (AvgIpc) is 2.92. The molecular formula is C21H18F4N2O3. The predicted octanol–water partition coefficient (Wildman–Crippen LogP) is 3.78. The number of halogens is 4. The van der Waals surface area contributed by atoms with Gasteiger partial charge in [0, 0.05) is 6.54 Å². The third-order valence-corrected chi connectivity index (χ3v) is 4.83. The normalized spacial score (nSPS) is 14.8. The van der Waals surface area contributed by atoms with Crippen LogP contribution >= 0.6 is 0 Å². The summed E-state index contributed by atoms with van der Waals surface area (Å²) in [7, 11) is 0. The SMILES string of the molecule is CC(C)C(C(=O)NCc1ccc(F)cc1C(F)(F)F)N1C(=O)c2ccccc2C1=O. The molecule has 0 saturated carbocycles. The molecule has 0 fully saturated rings. The van der Waals surface area contributed by atoms with Crippen LogP contribution in [0, 0.1) is 11.7 Å². The van der Waals surface area contributed by atoms with Crippen LogP contribution in [-0.4, -0.2) is 28.7 Å². The molecule has 1 atom stereocenters. The highest BCUT2D eigenvalue weighted by atomic mass is 19.4. The minimum atomic E-state index is -4.80. The third kappa shape index (κ3) is 3.92. The maximum atomic E-state index is 13.3. The Hall–Kier alpha value is -3.23. The Morgan fingerprint density at radius 2 is 1.60 bits per heavy atom. The Bertz CT molecular complexity index is 983. The molecule has 2 aromatic carbocycles. The minimum absolute atomic E-state index is 0.166. The number of nitrogens with one attached hydrogen (secondary N) is 1. The van der Waals surface area contributed by atoms with Crippen LogP contribution in [0.5, 0.6) is 0 Å². The first kappa shape index (κ1) is 21.5. The Morgan fingerprint density at radius 1 is 1.03 bits per heavy atom. The first-order valence-corrected chi connectivity index (χ1v) is 9.12. The zero-order valence-electron chi connectivity index (χ0n) is 16.1. The molecule has 1 aliphatic heterocycles. The Kier molecular flexibility index (Phi) is 5.65. The van der Waals surface area contributed by atoms with E-state index in [-0.39, 0.29) is 16.7 Å². The Morgan fingerprint density at radius 3 is 2.10 bits per heavy atom. The molecule has 0 saturated heterocycles. The van der Waals surface area contributed by atoms with Gasteiger partial charge in [-0.1, -0.05) is 32.0 Å². The van der Waals surface area contributed by atoms with Crippen LogP contribution in [0.2, 0.25) is 0 Å². The summed E-state index contributed by atoms with van der Waals surface area (Å²) >= 11 is 0. The average molecular weight is 422 g/mol. The van der Waals surface area contributed by atoms with Gasteiger partial charge in [-0.2, -0.15) is 13.2 Å². The van der Waals surface area contributed by atoms with Crippen LogP contribution < -0.4 is 5.32 Å². The van der Waals surface area contributed by atoms with Crippen molar-refractivity contribution in [3.8, 4) is 0 Å². The lowest BCUT2D eigenvalue weighted by Gasteiger charge is -2.28. The quantitative estimate of drug-likeness (QED) is 0.589. The Labute approximate surface area is 169 Å². The number of hydrogen-bond acceptors (Lipinski definition) is 3. The lowest BCUT2D eigenvalue weighted by Crippen LogP contribution is -2.52. The number of benzene rings is 2. The molecule has 1 heterocycles. The maximum absolute atomic E-state index is 13.3. The van der Waals surface area contributed by atoms with Gasteiger partial charge in [-0.05, 0) is 35.7 Å². The second-order valence-corrected chi connectivity index (χ2v) is 7.23. The zero-order valence-corrected chi connectivity index (χ0v) is 16.1. The lowest BCUT2D eigenvalue weighted by atomic mass is 10.0. The summed E-state index contributed by atoms with van der Waals surface area (Å²) in [5.41, 5.74) is -1.20. The van der Waals surface area contributed by atoms with E-state index >= 15 is 0 Å². The van der Waals surface area contributed by atoms with E-state index in [9.17, 15) is 31.9 Å². The molecule has 5 nitrogen and oxygen atoms in total. The number of fused-ring (bicyclic) bond motifs is 1. The molecule has 9 heteroatoms. The van der Waals surface area contributed by atoms with E-state index in [0.29, 0.717) is 6.07 Å². The minimum Gasteiger partial charge on any atom is -0.350 e. The van der Waals surface area contributed by atoms with Gasteiger partial charge in [-0.15, -0.1) is 0 Å². The van der Waals surface area contributed by atoms with Crippen LogP contribution in [0.1, 0.15) is 45.7 Å². The summed E-state index contributed by atoms with van der Waals surface area (Å²) in [5.74, 6) is -3.60. The highest BCUT2D eigenvalue weighted by Crippen LogP contribution is 2.33. The molecule has 158 valence electrons. The van der Waals surface area contributed by atoms with Gasteiger partial charge < -0.3 is 5.32 Å². The summed E-state index contributed by atoms with van der Waals surface area (Å²) in [6, 6.07) is 7.05. The highest BCUT2D eigenvalue weighted by molar-refractivity contribution is 6.22. The highest BCUT2D eigenvalue weighted by Gasteiger charge is 2.44. The standard InChI is InChI=1S/C21H18F4N2O3/c1-11(2)17(27-19(29)14-5-3-4-6-15(14)20(27)30)18(28)26-10-12-7-8-13(22)9-16(12)21(23,24)25/h3-9,11,17H,10H2,1-2H3,(H,26,28). The molecule has 30 heavy (non-hydrogen) atoms. The molecule has 0 radical (unpaired) electrons. The van der Waals surface area contributed by atoms with Crippen molar-refractivity contribution in [2.24, 2.45) is 5.92 Å². The van der Waals surface area contributed by atoms with Crippen LogP contribution in [0.15, 0.2) is 42.5 Å². The van der Waals surface area contributed by atoms with Gasteiger partial charge in [0.2, 0.25) is 5.91 Å². The van der Waals surface area contributed by atoms with Gasteiger partial charge in [0.1, 0.15) is 11.9 Å². The molecule has 2 aromatic rings. The second kappa shape index (κ2) is 7.89. The number of imide groups is 1. The summed E-state index contributed by atoms with van der Waals surface area (Å²) in [6.07, 6.45) is -4.80. The number of amides is 3. The van der Waals surface area contributed by atoms with Crippen LogP contribution in [0.25, 0.3) is 0 Å². The number of carbonyl (C=O) groups is 3. The molecule has 1 unspecified atom stereocenters. The van der Waals surface area contributed by atoms with Gasteiger partial charge >= 0.3 is 6.18 Å². The number of nitrogens with zero attached hydrogens (tertiary/aromatic N) is 1. The van der Waals surface area contributed by atoms with Crippen molar-refractivity contribution in [3.05, 3.63) is 70.5 Å². The van der Waals surface area contributed by atoms with E-state index in [0.717, 1.165) is 17.0 Å². The molecular weight excluding hydrogens is 404 g/mol.